The predicted molar refractivity (Wildman–Crippen MR) is 94.5 cm³/mol. The van der Waals surface area contributed by atoms with Crippen LogP contribution >= 0.6 is 11.6 Å². The molecule has 3 rings (SSSR count). The molecule has 0 saturated carbocycles. The van der Waals surface area contributed by atoms with Gasteiger partial charge in [0.25, 0.3) is 10.0 Å². The number of fused-ring (bicyclic) bond motifs is 1. The van der Waals surface area contributed by atoms with Gasteiger partial charge in [0.1, 0.15) is 17.2 Å². The highest BCUT2D eigenvalue weighted by Gasteiger charge is 2.35. The molecule has 1 heterocycles. The largest absolute Gasteiger partial charge is 0.495 e. The van der Waals surface area contributed by atoms with E-state index in [0.29, 0.717) is 17.1 Å². The molecule has 8 heteroatoms. The molecule has 0 aliphatic carbocycles. The number of hydrogen-bond acceptors (Lipinski definition) is 5. The molecule has 0 atom stereocenters. The van der Waals surface area contributed by atoms with Gasteiger partial charge in [0.15, 0.2) is 5.78 Å². The standard InChI is InChI=1S/C17H16ClNO5S/c1-23-15-7-6-11(10-13(15)18)25(21,22)19-9-8-14(20)12-4-3-5-16(24-2)17(12)19/h3-7,10H,8-9H2,1-2H3. The lowest BCUT2D eigenvalue weighted by molar-refractivity contribution is 0.0981. The number of benzene rings is 2. The second kappa shape index (κ2) is 6.57. The van der Waals surface area contributed by atoms with Crippen LogP contribution in [0.4, 0.5) is 5.69 Å². The normalized spacial score (nSPS) is 14.2. The third-order valence-corrected chi connectivity index (χ3v) is 6.11. The average Bonchev–Trinajstić information content (AvgIpc) is 2.61. The average molecular weight is 382 g/mol. The molecule has 0 fully saturated rings. The molecule has 25 heavy (non-hydrogen) atoms. The summed E-state index contributed by atoms with van der Waals surface area (Å²) in [7, 11) is -1.03. The van der Waals surface area contributed by atoms with Crippen molar-refractivity contribution in [1.29, 1.82) is 0 Å². The zero-order chi connectivity index (χ0) is 18.2. The van der Waals surface area contributed by atoms with Crippen LogP contribution in [0.15, 0.2) is 41.3 Å². The first-order valence-electron chi connectivity index (χ1n) is 7.46. The minimum Gasteiger partial charge on any atom is -0.495 e. The van der Waals surface area contributed by atoms with Gasteiger partial charge in [0, 0.05) is 18.5 Å². The Hall–Kier alpha value is -2.25. The van der Waals surface area contributed by atoms with E-state index in [0.717, 1.165) is 0 Å². The molecule has 132 valence electrons. The molecule has 1 aliphatic rings. The number of Topliss-reactive ketones (excluding diaryl/α,β-unsaturated/α-hetero) is 1. The fraction of sp³-hybridized carbons (Fsp3) is 0.235. The SMILES string of the molecule is COc1ccc(S(=O)(=O)N2CCC(=O)c3cccc(OC)c32)cc1Cl. The number of carbonyl (C=O) groups is 1. The third-order valence-electron chi connectivity index (χ3n) is 4.02. The van der Waals surface area contributed by atoms with Gasteiger partial charge in [0.2, 0.25) is 0 Å². The molecule has 2 aromatic carbocycles. The first-order valence-corrected chi connectivity index (χ1v) is 9.28. The highest BCUT2D eigenvalue weighted by atomic mass is 35.5. The van der Waals surface area contributed by atoms with Gasteiger partial charge in [-0.05, 0) is 30.3 Å². The van der Waals surface area contributed by atoms with Gasteiger partial charge < -0.3 is 9.47 Å². The lowest BCUT2D eigenvalue weighted by Gasteiger charge is -2.31. The van der Waals surface area contributed by atoms with Crippen LogP contribution in [0.1, 0.15) is 16.8 Å². The Morgan fingerprint density at radius 2 is 1.80 bits per heavy atom. The summed E-state index contributed by atoms with van der Waals surface area (Å²) in [6.07, 6.45) is 0.100. The van der Waals surface area contributed by atoms with Crippen LogP contribution in [-0.4, -0.2) is 35.0 Å². The molecule has 2 aromatic rings. The first-order chi connectivity index (χ1) is 11.9. The van der Waals surface area contributed by atoms with E-state index in [1.165, 1.54) is 36.7 Å². The van der Waals surface area contributed by atoms with Crippen molar-refractivity contribution >= 4 is 33.1 Å². The Labute approximate surface area is 151 Å². The zero-order valence-electron chi connectivity index (χ0n) is 13.7. The van der Waals surface area contributed by atoms with E-state index in [1.54, 1.807) is 18.2 Å². The Bertz CT molecular complexity index is 942. The van der Waals surface area contributed by atoms with Crippen LogP contribution in [0.5, 0.6) is 11.5 Å². The Morgan fingerprint density at radius 1 is 1.08 bits per heavy atom. The Kier molecular flexibility index (Phi) is 4.62. The maximum absolute atomic E-state index is 13.1. The summed E-state index contributed by atoms with van der Waals surface area (Å²) in [5, 5.41) is 0.192. The van der Waals surface area contributed by atoms with E-state index in [1.807, 2.05) is 0 Å². The van der Waals surface area contributed by atoms with Crippen LogP contribution in [0.2, 0.25) is 5.02 Å². The second-order valence-electron chi connectivity index (χ2n) is 5.40. The smallest absolute Gasteiger partial charge is 0.264 e. The maximum atomic E-state index is 13.1. The van der Waals surface area contributed by atoms with E-state index >= 15 is 0 Å². The van der Waals surface area contributed by atoms with E-state index in [2.05, 4.69) is 0 Å². The van der Waals surface area contributed by atoms with E-state index < -0.39 is 10.0 Å². The molecule has 0 bridgehead atoms. The number of halogens is 1. The van der Waals surface area contributed by atoms with Gasteiger partial charge in [-0.3, -0.25) is 9.10 Å². The van der Waals surface area contributed by atoms with Crippen LogP contribution in [0.3, 0.4) is 0 Å². The van der Waals surface area contributed by atoms with Crippen molar-refractivity contribution in [3.05, 3.63) is 47.0 Å². The van der Waals surface area contributed by atoms with Crippen molar-refractivity contribution in [2.45, 2.75) is 11.3 Å². The monoisotopic (exact) mass is 381 g/mol. The van der Waals surface area contributed by atoms with Crippen LogP contribution in [0, 0.1) is 0 Å². The summed E-state index contributed by atoms with van der Waals surface area (Å²) in [6, 6.07) is 9.14. The minimum atomic E-state index is -3.92. The minimum absolute atomic E-state index is 0.0181. The van der Waals surface area contributed by atoms with Crippen molar-refractivity contribution in [1.82, 2.24) is 0 Å². The summed E-state index contributed by atoms with van der Waals surface area (Å²) in [6.45, 7) is 0.0399. The fourth-order valence-corrected chi connectivity index (χ4v) is 4.64. The Balaban J connectivity index is 2.15. The van der Waals surface area contributed by atoms with Crippen molar-refractivity contribution in [3.63, 3.8) is 0 Å². The number of ketones is 1. The maximum Gasteiger partial charge on any atom is 0.264 e. The topological polar surface area (TPSA) is 72.9 Å². The van der Waals surface area contributed by atoms with Crippen LogP contribution in [-0.2, 0) is 10.0 Å². The number of nitrogens with zero attached hydrogens (tertiary/aromatic N) is 1. The highest BCUT2D eigenvalue weighted by molar-refractivity contribution is 7.92. The van der Waals surface area contributed by atoms with Crippen molar-refractivity contribution < 1.29 is 22.7 Å². The number of carbonyl (C=O) groups excluding carboxylic acids is 1. The lowest BCUT2D eigenvalue weighted by Crippen LogP contribution is -2.37. The second-order valence-corrected chi connectivity index (χ2v) is 7.67. The van der Waals surface area contributed by atoms with Gasteiger partial charge in [-0.25, -0.2) is 8.42 Å². The molecule has 0 radical (unpaired) electrons. The molecule has 0 unspecified atom stereocenters. The number of para-hydroxylation sites is 1. The van der Waals surface area contributed by atoms with Gasteiger partial charge in [0.05, 0.1) is 24.1 Å². The van der Waals surface area contributed by atoms with E-state index in [-0.39, 0.29) is 34.4 Å². The molecule has 0 aromatic heterocycles. The van der Waals surface area contributed by atoms with E-state index in [9.17, 15) is 13.2 Å². The molecular formula is C17H16ClNO5S. The number of methoxy groups -OCH3 is 2. The van der Waals surface area contributed by atoms with Gasteiger partial charge in [-0.15, -0.1) is 0 Å². The predicted octanol–water partition coefficient (Wildman–Crippen LogP) is 3.14. The molecule has 1 aliphatic heterocycles. The molecule has 0 spiro atoms. The van der Waals surface area contributed by atoms with Gasteiger partial charge in [-0.2, -0.15) is 0 Å². The third kappa shape index (κ3) is 2.94. The molecule has 6 nitrogen and oxygen atoms in total. The summed E-state index contributed by atoms with van der Waals surface area (Å²) >= 11 is 6.07. The Morgan fingerprint density at radius 3 is 2.44 bits per heavy atom. The lowest BCUT2D eigenvalue weighted by atomic mass is 10.0. The number of rotatable bonds is 4. The van der Waals surface area contributed by atoms with E-state index in [4.69, 9.17) is 21.1 Å². The van der Waals surface area contributed by atoms with Crippen molar-refractivity contribution in [2.24, 2.45) is 0 Å². The number of ether oxygens (including phenoxy) is 2. The first kappa shape index (κ1) is 17.6. The van der Waals surface area contributed by atoms with Gasteiger partial charge >= 0.3 is 0 Å². The van der Waals surface area contributed by atoms with Crippen LogP contribution in [0.25, 0.3) is 0 Å². The molecule has 0 amide bonds. The van der Waals surface area contributed by atoms with Crippen molar-refractivity contribution in [2.75, 3.05) is 25.1 Å². The summed E-state index contributed by atoms with van der Waals surface area (Å²) in [5.41, 5.74) is 0.585. The highest BCUT2D eigenvalue weighted by Crippen LogP contribution is 2.40. The molecule has 0 saturated heterocycles. The molecule has 0 N–H and O–H groups in total. The quantitative estimate of drug-likeness (QED) is 0.813. The fourth-order valence-electron chi connectivity index (χ4n) is 2.79. The number of anilines is 1. The number of sulfonamides is 1. The summed E-state index contributed by atoms with van der Waals surface area (Å²) in [4.78, 5) is 12.2. The summed E-state index contributed by atoms with van der Waals surface area (Å²) < 4.78 is 37.8. The molecular weight excluding hydrogens is 366 g/mol. The summed E-state index contributed by atoms with van der Waals surface area (Å²) in [5.74, 6) is 0.592. The van der Waals surface area contributed by atoms with Crippen LogP contribution < -0.4 is 13.8 Å². The van der Waals surface area contributed by atoms with Crippen molar-refractivity contribution in [3.8, 4) is 11.5 Å². The van der Waals surface area contributed by atoms with Gasteiger partial charge in [-0.1, -0.05) is 17.7 Å². The zero-order valence-corrected chi connectivity index (χ0v) is 15.2. The number of hydrogen-bond donors (Lipinski definition) is 0.